The first-order valence-electron chi connectivity index (χ1n) is 5.59. The second-order valence-corrected chi connectivity index (χ2v) is 4.11. The van der Waals surface area contributed by atoms with Gasteiger partial charge in [0.1, 0.15) is 23.7 Å². The van der Waals surface area contributed by atoms with E-state index in [1.165, 1.54) is 6.07 Å². The Morgan fingerprint density at radius 1 is 0.857 bits per heavy atom. The Kier molecular flexibility index (Phi) is 3.93. The van der Waals surface area contributed by atoms with Crippen LogP contribution in [0.2, 0.25) is 0 Å². The number of halogens is 5. The number of ether oxygens (including phenoxy) is 1. The molecule has 0 aromatic heterocycles. The largest absolute Gasteiger partial charge is 0.573 e. The molecule has 110 valence electrons. The Balaban J connectivity index is 2.52. The summed E-state index contributed by atoms with van der Waals surface area (Å²) >= 11 is 0. The summed E-state index contributed by atoms with van der Waals surface area (Å²) in [4.78, 5) is 10.8. The first-order valence-corrected chi connectivity index (χ1v) is 5.59. The van der Waals surface area contributed by atoms with Crippen LogP contribution in [0.25, 0.3) is 11.1 Å². The maximum absolute atomic E-state index is 13.1. The van der Waals surface area contributed by atoms with Gasteiger partial charge in [0.15, 0.2) is 0 Å². The number of hydrogen-bond acceptors (Lipinski definition) is 2. The van der Waals surface area contributed by atoms with E-state index in [9.17, 15) is 26.7 Å². The lowest BCUT2D eigenvalue weighted by Gasteiger charge is -2.11. The van der Waals surface area contributed by atoms with E-state index in [0.717, 1.165) is 24.3 Å². The number of benzene rings is 2. The van der Waals surface area contributed by atoms with E-state index in [-0.39, 0.29) is 16.7 Å². The van der Waals surface area contributed by atoms with Crippen molar-refractivity contribution in [3.8, 4) is 16.9 Å². The minimum atomic E-state index is -4.94. The lowest BCUT2D eigenvalue weighted by Crippen LogP contribution is -2.17. The highest BCUT2D eigenvalue weighted by Gasteiger charge is 2.31. The number of carbonyl (C=O) groups is 1. The summed E-state index contributed by atoms with van der Waals surface area (Å²) in [6.07, 6.45) is -4.63. The number of alkyl halides is 3. The van der Waals surface area contributed by atoms with E-state index < -0.39 is 23.7 Å². The van der Waals surface area contributed by atoms with Crippen LogP contribution < -0.4 is 4.74 Å². The molecular formula is C14H7F5O2. The average molecular weight is 302 g/mol. The molecule has 0 fully saturated rings. The molecule has 2 nitrogen and oxygen atoms in total. The molecule has 0 aliphatic rings. The topological polar surface area (TPSA) is 26.3 Å². The summed E-state index contributed by atoms with van der Waals surface area (Å²) < 4.78 is 66.6. The van der Waals surface area contributed by atoms with Gasteiger partial charge >= 0.3 is 6.36 Å². The molecule has 0 aliphatic carbocycles. The summed E-state index contributed by atoms with van der Waals surface area (Å²) in [6.45, 7) is 0. The zero-order valence-electron chi connectivity index (χ0n) is 10.2. The SMILES string of the molecule is O=Cc1cc(OC(F)(F)F)cc(-c2cc(F)cc(F)c2)c1. The van der Waals surface area contributed by atoms with Crippen molar-refractivity contribution in [3.05, 3.63) is 53.6 Å². The molecule has 0 saturated carbocycles. The zero-order valence-corrected chi connectivity index (χ0v) is 10.2. The first-order chi connectivity index (χ1) is 9.76. The van der Waals surface area contributed by atoms with Crippen molar-refractivity contribution in [2.75, 3.05) is 0 Å². The quantitative estimate of drug-likeness (QED) is 0.622. The van der Waals surface area contributed by atoms with Crippen LogP contribution in [-0.2, 0) is 0 Å². The maximum atomic E-state index is 13.1. The number of hydrogen-bond donors (Lipinski definition) is 0. The third-order valence-corrected chi connectivity index (χ3v) is 2.49. The third-order valence-electron chi connectivity index (χ3n) is 2.49. The molecule has 0 radical (unpaired) electrons. The fourth-order valence-electron chi connectivity index (χ4n) is 1.77. The number of rotatable bonds is 3. The first kappa shape index (κ1) is 15.0. The molecule has 0 atom stereocenters. The van der Waals surface area contributed by atoms with Gasteiger partial charge in [-0.15, -0.1) is 13.2 Å². The van der Waals surface area contributed by atoms with Crippen molar-refractivity contribution in [2.24, 2.45) is 0 Å². The van der Waals surface area contributed by atoms with Gasteiger partial charge in [-0.05, 0) is 41.5 Å². The van der Waals surface area contributed by atoms with E-state index in [4.69, 9.17) is 0 Å². The molecule has 2 rings (SSSR count). The van der Waals surface area contributed by atoms with Crippen molar-refractivity contribution in [2.45, 2.75) is 6.36 Å². The second kappa shape index (κ2) is 5.51. The highest BCUT2D eigenvalue weighted by molar-refractivity contribution is 5.80. The highest BCUT2D eigenvalue weighted by atomic mass is 19.4. The molecule has 0 aliphatic heterocycles. The van der Waals surface area contributed by atoms with Gasteiger partial charge in [-0.1, -0.05) is 0 Å². The van der Waals surface area contributed by atoms with Gasteiger partial charge in [-0.2, -0.15) is 0 Å². The molecule has 0 saturated heterocycles. The van der Waals surface area contributed by atoms with E-state index in [1.54, 1.807) is 0 Å². The fourth-order valence-corrected chi connectivity index (χ4v) is 1.77. The molecule has 2 aromatic carbocycles. The van der Waals surface area contributed by atoms with Crippen LogP contribution in [0.4, 0.5) is 22.0 Å². The van der Waals surface area contributed by atoms with Gasteiger partial charge in [0.05, 0.1) is 0 Å². The van der Waals surface area contributed by atoms with Crippen molar-refractivity contribution < 1.29 is 31.5 Å². The van der Waals surface area contributed by atoms with Crippen LogP contribution in [0.15, 0.2) is 36.4 Å². The van der Waals surface area contributed by atoms with E-state index in [0.29, 0.717) is 12.4 Å². The van der Waals surface area contributed by atoms with Crippen molar-refractivity contribution >= 4 is 6.29 Å². The third kappa shape index (κ3) is 4.01. The molecule has 2 aromatic rings. The monoisotopic (exact) mass is 302 g/mol. The standard InChI is InChI=1S/C14H7F5O2/c15-11-3-10(4-12(16)6-11)9-1-8(7-20)2-13(5-9)21-14(17,18)19/h1-7H. The van der Waals surface area contributed by atoms with Gasteiger partial charge in [-0.3, -0.25) is 4.79 Å². The molecule has 7 heteroatoms. The Hall–Kier alpha value is -2.44. The molecule has 21 heavy (non-hydrogen) atoms. The summed E-state index contributed by atoms with van der Waals surface area (Å²) in [5.74, 6) is -2.42. The van der Waals surface area contributed by atoms with Crippen LogP contribution in [-0.4, -0.2) is 12.6 Å². The molecule has 0 unspecified atom stereocenters. The number of aldehydes is 1. The Labute approximate surface area is 115 Å². The van der Waals surface area contributed by atoms with E-state index in [2.05, 4.69) is 4.74 Å². The van der Waals surface area contributed by atoms with Crippen LogP contribution in [0.1, 0.15) is 10.4 Å². The van der Waals surface area contributed by atoms with Crippen LogP contribution in [0.3, 0.4) is 0 Å². The number of carbonyl (C=O) groups excluding carboxylic acids is 1. The second-order valence-electron chi connectivity index (χ2n) is 4.11. The molecular weight excluding hydrogens is 295 g/mol. The Morgan fingerprint density at radius 3 is 1.95 bits per heavy atom. The van der Waals surface area contributed by atoms with Crippen LogP contribution in [0.5, 0.6) is 5.75 Å². The predicted molar refractivity (Wildman–Crippen MR) is 63.9 cm³/mol. The van der Waals surface area contributed by atoms with Crippen molar-refractivity contribution in [1.82, 2.24) is 0 Å². The highest BCUT2D eigenvalue weighted by Crippen LogP contribution is 2.30. The van der Waals surface area contributed by atoms with Crippen LogP contribution in [0, 0.1) is 11.6 Å². The van der Waals surface area contributed by atoms with Crippen LogP contribution >= 0.6 is 0 Å². The van der Waals surface area contributed by atoms with E-state index in [1.807, 2.05) is 0 Å². The maximum Gasteiger partial charge on any atom is 0.573 e. The fraction of sp³-hybridized carbons (Fsp3) is 0.0714. The van der Waals surface area contributed by atoms with Crippen molar-refractivity contribution in [3.63, 3.8) is 0 Å². The molecule has 0 bridgehead atoms. The minimum absolute atomic E-state index is 0.0109. The molecule has 0 spiro atoms. The van der Waals surface area contributed by atoms with Gasteiger partial charge in [0.2, 0.25) is 0 Å². The van der Waals surface area contributed by atoms with Gasteiger partial charge in [0, 0.05) is 11.6 Å². The molecule has 0 amide bonds. The lowest BCUT2D eigenvalue weighted by atomic mass is 10.0. The smallest absolute Gasteiger partial charge is 0.406 e. The summed E-state index contributed by atoms with van der Waals surface area (Å²) in [6, 6.07) is 5.51. The summed E-state index contributed by atoms with van der Waals surface area (Å²) in [5, 5.41) is 0. The Morgan fingerprint density at radius 2 is 1.43 bits per heavy atom. The predicted octanol–water partition coefficient (Wildman–Crippen LogP) is 4.34. The van der Waals surface area contributed by atoms with E-state index >= 15 is 0 Å². The lowest BCUT2D eigenvalue weighted by molar-refractivity contribution is -0.274. The average Bonchev–Trinajstić information content (AvgIpc) is 2.35. The summed E-state index contributed by atoms with van der Waals surface area (Å²) in [5.41, 5.74) is -0.100. The van der Waals surface area contributed by atoms with Gasteiger partial charge in [-0.25, -0.2) is 8.78 Å². The summed E-state index contributed by atoms with van der Waals surface area (Å²) in [7, 11) is 0. The minimum Gasteiger partial charge on any atom is -0.406 e. The van der Waals surface area contributed by atoms with Crippen molar-refractivity contribution in [1.29, 1.82) is 0 Å². The van der Waals surface area contributed by atoms with Gasteiger partial charge < -0.3 is 4.74 Å². The molecule has 0 N–H and O–H groups in total. The normalized spacial score (nSPS) is 11.3. The Bertz CT molecular complexity index is 659. The zero-order chi connectivity index (χ0) is 15.6. The molecule has 0 heterocycles. The van der Waals surface area contributed by atoms with Gasteiger partial charge in [0.25, 0.3) is 0 Å².